The van der Waals surface area contributed by atoms with Crippen molar-refractivity contribution in [2.75, 3.05) is 0 Å². The molecule has 0 aromatic heterocycles. The summed E-state index contributed by atoms with van der Waals surface area (Å²) in [5.74, 6) is 1.44. The van der Waals surface area contributed by atoms with Crippen molar-refractivity contribution in [2.24, 2.45) is 23.2 Å². The van der Waals surface area contributed by atoms with E-state index in [-0.39, 0.29) is 11.5 Å². The Morgan fingerprint density at radius 1 is 1.00 bits per heavy atom. The molecule has 1 nitrogen and oxygen atoms in total. The normalized spacial score (nSPS) is 19.5. The van der Waals surface area contributed by atoms with Crippen LogP contribution < -0.4 is 0 Å². The summed E-state index contributed by atoms with van der Waals surface area (Å²) in [6.07, 6.45) is 0.944. The van der Waals surface area contributed by atoms with Gasteiger partial charge in [-0.2, -0.15) is 0 Å². The summed E-state index contributed by atoms with van der Waals surface area (Å²) in [5.41, 5.74) is 0.199. The Balaban J connectivity index is 4.24. The highest BCUT2D eigenvalue weighted by Crippen LogP contribution is 2.32. The largest absolute Gasteiger partial charge is 0.393 e. The number of aliphatic hydroxyl groups excluding tert-OH is 1. The van der Waals surface area contributed by atoms with Crippen molar-refractivity contribution in [3.8, 4) is 0 Å². The Morgan fingerprint density at radius 2 is 1.43 bits per heavy atom. The molecule has 0 saturated carbocycles. The van der Waals surface area contributed by atoms with Gasteiger partial charge in [-0.15, -0.1) is 0 Å². The first-order chi connectivity index (χ1) is 6.16. The Kier molecular flexibility index (Phi) is 5.14. The molecule has 86 valence electrons. The zero-order valence-electron chi connectivity index (χ0n) is 11.0. The fourth-order valence-corrected chi connectivity index (χ4v) is 1.89. The lowest BCUT2D eigenvalue weighted by Crippen LogP contribution is -2.34. The lowest BCUT2D eigenvalue weighted by Gasteiger charge is -2.35. The molecule has 1 N–H and O–H groups in total. The van der Waals surface area contributed by atoms with Crippen LogP contribution in [0.5, 0.6) is 0 Å². The third-order valence-corrected chi connectivity index (χ3v) is 3.30. The van der Waals surface area contributed by atoms with Gasteiger partial charge in [0, 0.05) is 0 Å². The highest BCUT2D eigenvalue weighted by atomic mass is 16.3. The van der Waals surface area contributed by atoms with Crippen LogP contribution in [0.4, 0.5) is 0 Å². The molecule has 0 amide bonds. The molecular weight excluding hydrogens is 172 g/mol. The molecule has 0 bridgehead atoms. The minimum absolute atomic E-state index is 0.169. The van der Waals surface area contributed by atoms with E-state index in [1.807, 2.05) is 0 Å². The molecule has 0 aromatic rings. The SMILES string of the molecule is CC(C)CC(C)C(O)C(C)C(C)(C)C. The molecule has 0 aromatic carbocycles. The maximum absolute atomic E-state index is 10.2. The van der Waals surface area contributed by atoms with Gasteiger partial charge in [0.05, 0.1) is 6.10 Å². The van der Waals surface area contributed by atoms with E-state index < -0.39 is 0 Å². The van der Waals surface area contributed by atoms with Crippen LogP contribution in [0.1, 0.15) is 54.9 Å². The summed E-state index contributed by atoms with van der Waals surface area (Å²) in [4.78, 5) is 0. The van der Waals surface area contributed by atoms with Gasteiger partial charge in [0.2, 0.25) is 0 Å². The van der Waals surface area contributed by atoms with Gasteiger partial charge in [0.1, 0.15) is 0 Å². The van der Waals surface area contributed by atoms with Crippen molar-refractivity contribution in [1.82, 2.24) is 0 Å². The second-order valence-corrected chi connectivity index (χ2v) is 6.25. The Hall–Kier alpha value is -0.0400. The zero-order valence-corrected chi connectivity index (χ0v) is 11.0. The lowest BCUT2D eigenvalue weighted by molar-refractivity contribution is 0.00874. The summed E-state index contributed by atoms with van der Waals surface area (Å²) in [6, 6.07) is 0. The minimum atomic E-state index is -0.169. The number of rotatable bonds is 4. The van der Waals surface area contributed by atoms with Crippen molar-refractivity contribution in [1.29, 1.82) is 0 Å². The van der Waals surface area contributed by atoms with Crippen LogP contribution in [0.15, 0.2) is 0 Å². The number of hydrogen-bond acceptors (Lipinski definition) is 1. The van der Waals surface area contributed by atoms with Crippen molar-refractivity contribution in [3.63, 3.8) is 0 Å². The maximum Gasteiger partial charge on any atom is 0.0596 e. The van der Waals surface area contributed by atoms with E-state index in [1.54, 1.807) is 0 Å². The molecule has 0 saturated heterocycles. The van der Waals surface area contributed by atoms with E-state index in [2.05, 4.69) is 48.5 Å². The summed E-state index contributed by atoms with van der Waals surface area (Å²) in [7, 11) is 0. The fourth-order valence-electron chi connectivity index (χ4n) is 1.89. The number of hydrogen-bond donors (Lipinski definition) is 1. The molecule has 0 heterocycles. The van der Waals surface area contributed by atoms with Crippen molar-refractivity contribution < 1.29 is 5.11 Å². The van der Waals surface area contributed by atoms with E-state index in [9.17, 15) is 5.11 Å². The summed E-state index contributed by atoms with van der Waals surface area (Å²) in [5, 5.41) is 10.2. The average Bonchev–Trinajstić information content (AvgIpc) is 1.98. The van der Waals surface area contributed by atoms with E-state index in [1.165, 1.54) is 0 Å². The van der Waals surface area contributed by atoms with Crippen LogP contribution in [0.2, 0.25) is 0 Å². The molecule has 0 aliphatic heterocycles. The first-order valence-corrected chi connectivity index (χ1v) is 5.84. The molecule has 0 aliphatic carbocycles. The third kappa shape index (κ3) is 4.45. The second kappa shape index (κ2) is 5.16. The summed E-state index contributed by atoms with van der Waals surface area (Å²) >= 11 is 0. The monoisotopic (exact) mass is 200 g/mol. The molecule has 3 atom stereocenters. The minimum Gasteiger partial charge on any atom is -0.393 e. The molecule has 1 heteroatoms. The quantitative estimate of drug-likeness (QED) is 0.733. The molecule has 0 spiro atoms. The van der Waals surface area contributed by atoms with Crippen molar-refractivity contribution >= 4 is 0 Å². The molecule has 14 heavy (non-hydrogen) atoms. The van der Waals surface area contributed by atoms with E-state index >= 15 is 0 Å². The molecule has 3 unspecified atom stereocenters. The van der Waals surface area contributed by atoms with Gasteiger partial charge in [0.25, 0.3) is 0 Å². The Morgan fingerprint density at radius 3 is 1.71 bits per heavy atom. The molecule has 0 fully saturated rings. The van der Waals surface area contributed by atoms with Crippen LogP contribution in [-0.2, 0) is 0 Å². The Labute approximate surface area is 89.9 Å². The van der Waals surface area contributed by atoms with Crippen LogP contribution in [0, 0.1) is 23.2 Å². The van der Waals surface area contributed by atoms with Crippen LogP contribution in [0.3, 0.4) is 0 Å². The standard InChI is InChI=1S/C13H28O/c1-9(2)8-10(3)12(14)11(4)13(5,6)7/h9-12,14H,8H2,1-7H3. The topological polar surface area (TPSA) is 20.2 Å². The van der Waals surface area contributed by atoms with Gasteiger partial charge in [-0.3, -0.25) is 0 Å². The van der Waals surface area contributed by atoms with E-state index in [0.717, 1.165) is 6.42 Å². The van der Waals surface area contributed by atoms with Gasteiger partial charge >= 0.3 is 0 Å². The molecular formula is C13H28O. The smallest absolute Gasteiger partial charge is 0.0596 e. The van der Waals surface area contributed by atoms with Gasteiger partial charge < -0.3 is 5.11 Å². The predicted molar refractivity (Wildman–Crippen MR) is 63.2 cm³/mol. The fraction of sp³-hybridized carbons (Fsp3) is 1.00. The van der Waals surface area contributed by atoms with Gasteiger partial charge in [-0.1, -0.05) is 48.5 Å². The van der Waals surface area contributed by atoms with Crippen LogP contribution in [0.25, 0.3) is 0 Å². The van der Waals surface area contributed by atoms with Crippen LogP contribution >= 0.6 is 0 Å². The third-order valence-electron chi connectivity index (χ3n) is 3.30. The predicted octanol–water partition coefficient (Wildman–Crippen LogP) is 3.71. The molecule has 0 rings (SSSR count). The zero-order chi connectivity index (χ0) is 11.5. The van der Waals surface area contributed by atoms with Crippen molar-refractivity contribution in [2.45, 2.75) is 61.0 Å². The van der Waals surface area contributed by atoms with Crippen LogP contribution in [-0.4, -0.2) is 11.2 Å². The molecule has 0 radical (unpaired) electrons. The first kappa shape index (κ1) is 14.0. The van der Waals surface area contributed by atoms with E-state index in [0.29, 0.717) is 17.8 Å². The summed E-state index contributed by atoms with van der Waals surface area (Å²) in [6.45, 7) is 15.3. The number of aliphatic hydroxyl groups is 1. The van der Waals surface area contributed by atoms with Gasteiger partial charge in [-0.25, -0.2) is 0 Å². The lowest BCUT2D eigenvalue weighted by atomic mass is 9.74. The second-order valence-electron chi connectivity index (χ2n) is 6.25. The highest BCUT2D eigenvalue weighted by Gasteiger charge is 2.30. The van der Waals surface area contributed by atoms with Crippen molar-refractivity contribution in [3.05, 3.63) is 0 Å². The Bertz CT molecular complexity index is 155. The maximum atomic E-state index is 10.2. The van der Waals surface area contributed by atoms with Gasteiger partial charge in [0.15, 0.2) is 0 Å². The molecule has 0 aliphatic rings. The highest BCUT2D eigenvalue weighted by molar-refractivity contribution is 4.80. The first-order valence-electron chi connectivity index (χ1n) is 5.84. The van der Waals surface area contributed by atoms with E-state index in [4.69, 9.17) is 0 Å². The van der Waals surface area contributed by atoms with Gasteiger partial charge in [-0.05, 0) is 29.6 Å². The summed E-state index contributed by atoms with van der Waals surface area (Å²) < 4.78 is 0. The average molecular weight is 200 g/mol.